The van der Waals surface area contributed by atoms with Crippen molar-refractivity contribution in [1.29, 1.82) is 0 Å². The van der Waals surface area contributed by atoms with E-state index in [4.69, 9.17) is 0 Å². The van der Waals surface area contributed by atoms with Crippen LogP contribution in [0.3, 0.4) is 0 Å². The third kappa shape index (κ3) is 4.34. The minimum absolute atomic E-state index is 0.313. The Kier molecular flexibility index (Phi) is 6.19. The van der Waals surface area contributed by atoms with Crippen LogP contribution in [0.15, 0.2) is 53.6 Å². The van der Waals surface area contributed by atoms with Crippen molar-refractivity contribution in [3.63, 3.8) is 0 Å². The SMILES string of the molecule is CCCn1cc(/C=C2\SC(=O)N(CC(=O)Nc3cc(C)ccc3C)C2=O)c2ccccc21. The molecule has 7 heteroatoms. The smallest absolute Gasteiger partial charge is 0.294 e. The minimum Gasteiger partial charge on any atom is -0.347 e. The number of aromatic nitrogens is 1. The number of nitrogens with zero attached hydrogens (tertiary/aromatic N) is 2. The van der Waals surface area contributed by atoms with Crippen LogP contribution in [-0.4, -0.2) is 33.1 Å². The second-order valence-electron chi connectivity index (χ2n) is 7.93. The number of imide groups is 1. The highest BCUT2D eigenvalue weighted by molar-refractivity contribution is 8.18. The Balaban J connectivity index is 1.54. The lowest BCUT2D eigenvalue weighted by Gasteiger charge is -2.14. The Morgan fingerprint density at radius 1 is 1.12 bits per heavy atom. The summed E-state index contributed by atoms with van der Waals surface area (Å²) < 4.78 is 2.16. The van der Waals surface area contributed by atoms with Gasteiger partial charge in [-0.3, -0.25) is 19.3 Å². The summed E-state index contributed by atoms with van der Waals surface area (Å²) in [6, 6.07) is 13.8. The van der Waals surface area contributed by atoms with Gasteiger partial charge in [0.05, 0.1) is 4.91 Å². The first kappa shape index (κ1) is 21.9. The van der Waals surface area contributed by atoms with Gasteiger partial charge in [-0.25, -0.2) is 0 Å². The zero-order valence-electron chi connectivity index (χ0n) is 18.3. The molecule has 0 unspecified atom stereocenters. The minimum atomic E-state index is -0.441. The molecular weight excluding hydrogens is 422 g/mol. The van der Waals surface area contributed by atoms with Crippen LogP contribution < -0.4 is 5.32 Å². The summed E-state index contributed by atoms with van der Waals surface area (Å²) in [6.07, 6.45) is 4.75. The van der Waals surface area contributed by atoms with Gasteiger partial charge in [0, 0.05) is 34.9 Å². The highest BCUT2D eigenvalue weighted by atomic mass is 32.2. The van der Waals surface area contributed by atoms with Crippen LogP contribution in [0.25, 0.3) is 17.0 Å². The first-order chi connectivity index (χ1) is 15.4. The number of fused-ring (bicyclic) bond motifs is 1. The molecule has 2 aromatic carbocycles. The molecule has 164 valence electrons. The van der Waals surface area contributed by atoms with Crippen LogP contribution in [0.1, 0.15) is 30.0 Å². The molecule has 1 N–H and O–H groups in total. The summed E-state index contributed by atoms with van der Waals surface area (Å²) in [7, 11) is 0. The molecule has 0 saturated carbocycles. The number of para-hydroxylation sites is 1. The maximum Gasteiger partial charge on any atom is 0.294 e. The number of benzene rings is 2. The third-order valence-electron chi connectivity index (χ3n) is 5.41. The molecule has 0 radical (unpaired) electrons. The van der Waals surface area contributed by atoms with Crippen LogP contribution >= 0.6 is 11.8 Å². The molecule has 6 nitrogen and oxygen atoms in total. The number of anilines is 1. The normalized spacial score (nSPS) is 15.2. The first-order valence-electron chi connectivity index (χ1n) is 10.6. The molecule has 2 heterocycles. The number of carbonyl (C=O) groups is 3. The average molecular weight is 448 g/mol. The fourth-order valence-electron chi connectivity index (χ4n) is 3.80. The van der Waals surface area contributed by atoms with Gasteiger partial charge in [-0.05, 0) is 61.4 Å². The largest absolute Gasteiger partial charge is 0.347 e. The monoisotopic (exact) mass is 447 g/mol. The number of hydrogen-bond donors (Lipinski definition) is 1. The summed E-state index contributed by atoms with van der Waals surface area (Å²) in [5, 5.41) is 3.40. The van der Waals surface area contributed by atoms with Crippen molar-refractivity contribution >= 4 is 51.5 Å². The lowest BCUT2D eigenvalue weighted by atomic mass is 10.1. The number of amides is 3. The number of thioether (sulfide) groups is 1. The van der Waals surface area contributed by atoms with Crippen LogP contribution in [0, 0.1) is 13.8 Å². The van der Waals surface area contributed by atoms with Crippen molar-refractivity contribution in [3.05, 3.63) is 70.3 Å². The van der Waals surface area contributed by atoms with E-state index in [1.165, 1.54) is 0 Å². The van der Waals surface area contributed by atoms with E-state index < -0.39 is 17.1 Å². The van der Waals surface area contributed by atoms with Gasteiger partial charge in [-0.1, -0.05) is 37.3 Å². The molecule has 0 spiro atoms. The van der Waals surface area contributed by atoms with E-state index in [2.05, 4.69) is 16.8 Å². The van der Waals surface area contributed by atoms with E-state index in [0.717, 1.165) is 57.2 Å². The maximum atomic E-state index is 12.9. The Hall–Kier alpha value is -3.32. The van der Waals surface area contributed by atoms with Gasteiger partial charge in [0.15, 0.2) is 0 Å². The molecule has 32 heavy (non-hydrogen) atoms. The predicted octanol–water partition coefficient (Wildman–Crippen LogP) is 5.34. The molecule has 0 atom stereocenters. The number of carbonyl (C=O) groups excluding carboxylic acids is 3. The first-order valence-corrected chi connectivity index (χ1v) is 11.4. The summed E-state index contributed by atoms with van der Waals surface area (Å²) in [6.45, 7) is 6.51. The van der Waals surface area contributed by atoms with Gasteiger partial charge in [0.25, 0.3) is 11.1 Å². The molecule has 1 aromatic heterocycles. The standard InChI is InChI=1S/C25H25N3O3S/c1-4-11-27-14-18(19-7-5-6-8-21(19)27)13-22-24(30)28(25(31)32-22)15-23(29)26-20-12-16(2)9-10-17(20)3/h5-10,12-14H,4,11,15H2,1-3H3,(H,26,29)/b22-13-. The van der Waals surface area contributed by atoms with E-state index in [1.54, 1.807) is 6.08 Å². The lowest BCUT2D eigenvalue weighted by molar-refractivity contribution is -0.127. The van der Waals surface area contributed by atoms with Gasteiger partial charge in [0.2, 0.25) is 5.91 Å². The summed E-state index contributed by atoms with van der Waals surface area (Å²) in [5.74, 6) is -0.842. The van der Waals surface area contributed by atoms with Crippen molar-refractivity contribution in [3.8, 4) is 0 Å². The highest BCUT2D eigenvalue weighted by Gasteiger charge is 2.36. The topological polar surface area (TPSA) is 71.4 Å². The van der Waals surface area contributed by atoms with Gasteiger partial charge < -0.3 is 9.88 Å². The summed E-state index contributed by atoms with van der Waals surface area (Å²) in [5.41, 5.74) is 4.59. The van der Waals surface area contributed by atoms with E-state index >= 15 is 0 Å². The molecule has 0 bridgehead atoms. The van der Waals surface area contributed by atoms with Gasteiger partial charge in [-0.15, -0.1) is 0 Å². The van der Waals surface area contributed by atoms with Crippen LogP contribution in [0.2, 0.25) is 0 Å². The number of hydrogen-bond acceptors (Lipinski definition) is 4. The molecule has 3 amide bonds. The Morgan fingerprint density at radius 2 is 1.91 bits per heavy atom. The second-order valence-corrected chi connectivity index (χ2v) is 8.92. The van der Waals surface area contributed by atoms with E-state index in [1.807, 2.05) is 62.5 Å². The number of nitrogens with one attached hydrogen (secondary N) is 1. The zero-order valence-corrected chi connectivity index (χ0v) is 19.2. The third-order valence-corrected chi connectivity index (χ3v) is 6.32. The molecule has 1 aliphatic heterocycles. The summed E-state index contributed by atoms with van der Waals surface area (Å²) >= 11 is 0.871. The molecule has 0 aliphatic carbocycles. The van der Waals surface area contributed by atoms with E-state index in [-0.39, 0.29) is 6.54 Å². The Morgan fingerprint density at radius 3 is 2.69 bits per heavy atom. The summed E-state index contributed by atoms with van der Waals surface area (Å²) in [4.78, 5) is 39.3. The fraction of sp³-hybridized carbons (Fsp3) is 0.240. The number of rotatable bonds is 6. The Bertz CT molecular complexity index is 1260. The highest BCUT2D eigenvalue weighted by Crippen LogP contribution is 2.34. The number of aryl methyl sites for hydroxylation is 3. The van der Waals surface area contributed by atoms with Crippen molar-refractivity contribution in [1.82, 2.24) is 9.47 Å². The quantitative estimate of drug-likeness (QED) is 0.518. The van der Waals surface area contributed by atoms with Crippen molar-refractivity contribution in [2.45, 2.75) is 33.7 Å². The lowest BCUT2D eigenvalue weighted by Crippen LogP contribution is -2.36. The second kappa shape index (κ2) is 9.04. The zero-order chi connectivity index (χ0) is 22.8. The van der Waals surface area contributed by atoms with E-state index in [0.29, 0.717) is 10.6 Å². The van der Waals surface area contributed by atoms with Crippen LogP contribution in [0.5, 0.6) is 0 Å². The van der Waals surface area contributed by atoms with Crippen LogP contribution in [-0.2, 0) is 16.1 Å². The maximum absolute atomic E-state index is 12.9. The molecular formula is C25H25N3O3S. The van der Waals surface area contributed by atoms with Gasteiger partial charge in [0.1, 0.15) is 6.54 Å². The molecule has 1 fully saturated rings. The van der Waals surface area contributed by atoms with E-state index in [9.17, 15) is 14.4 Å². The predicted molar refractivity (Wildman–Crippen MR) is 129 cm³/mol. The average Bonchev–Trinajstić information content (AvgIpc) is 3.23. The van der Waals surface area contributed by atoms with Gasteiger partial charge >= 0.3 is 0 Å². The van der Waals surface area contributed by atoms with Crippen molar-refractivity contribution in [2.75, 3.05) is 11.9 Å². The van der Waals surface area contributed by atoms with Crippen LogP contribution in [0.4, 0.5) is 10.5 Å². The molecule has 1 saturated heterocycles. The molecule has 1 aliphatic rings. The van der Waals surface area contributed by atoms with Crippen molar-refractivity contribution in [2.24, 2.45) is 0 Å². The fourth-order valence-corrected chi connectivity index (χ4v) is 4.63. The molecule has 4 rings (SSSR count). The Labute approximate surface area is 191 Å². The van der Waals surface area contributed by atoms with Crippen molar-refractivity contribution < 1.29 is 14.4 Å². The molecule has 3 aromatic rings. The van der Waals surface area contributed by atoms with Gasteiger partial charge in [-0.2, -0.15) is 0 Å².